The van der Waals surface area contributed by atoms with E-state index >= 15 is 0 Å². The lowest BCUT2D eigenvalue weighted by atomic mass is 9.93. The van der Waals surface area contributed by atoms with Gasteiger partial charge in [0.25, 0.3) is 0 Å². The molecule has 2 heterocycles. The van der Waals surface area contributed by atoms with Crippen LogP contribution in [0.1, 0.15) is 66.2 Å². The van der Waals surface area contributed by atoms with Gasteiger partial charge in [0.15, 0.2) is 0 Å². The van der Waals surface area contributed by atoms with Crippen LogP contribution in [0.2, 0.25) is 0 Å². The summed E-state index contributed by atoms with van der Waals surface area (Å²) >= 11 is 0. The van der Waals surface area contributed by atoms with E-state index in [9.17, 15) is 14.4 Å². The fourth-order valence-electron chi connectivity index (χ4n) is 3.75. The van der Waals surface area contributed by atoms with Crippen molar-refractivity contribution in [2.24, 2.45) is 23.0 Å². The molecular weight excluding hydrogens is 368 g/mol. The Morgan fingerprint density at radius 3 is 2.14 bits per heavy atom. The maximum atomic E-state index is 12.5. The number of nitrogens with one attached hydrogen (secondary N) is 1. The van der Waals surface area contributed by atoms with Gasteiger partial charge >= 0.3 is 0 Å². The summed E-state index contributed by atoms with van der Waals surface area (Å²) in [7, 11) is 0. The number of amides is 3. The molecule has 0 bridgehead atoms. The average molecular weight is 409 g/mol. The molecule has 2 aliphatic heterocycles. The number of rotatable bonds is 6. The predicted octanol–water partition coefficient (Wildman–Crippen LogP) is 1.75. The molecule has 1 unspecified atom stereocenters. The van der Waals surface area contributed by atoms with E-state index < -0.39 is 0 Å². The van der Waals surface area contributed by atoms with Crippen LogP contribution in [0.4, 0.5) is 0 Å². The Bertz CT molecular complexity index is 569. The number of piperidine rings is 1. The quantitative estimate of drug-likeness (QED) is 0.700. The Hall–Kier alpha value is -1.63. The molecule has 0 spiro atoms. The molecule has 0 aromatic rings. The van der Waals surface area contributed by atoms with Crippen molar-refractivity contribution in [1.82, 2.24) is 15.1 Å². The third-order valence-electron chi connectivity index (χ3n) is 5.43. The Morgan fingerprint density at radius 1 is 1.03 bits per heavy atom. The second-order valence-corrected chi connectivity index (χ2v) is 10.4. The number of likely N-dealkylation sites (tertiary alicyclic amines) is 1. The molecule has 3 fully saturated rings. The summed E-state index contributed by atoms with van der Waals surface area (Å²) in [5, 5.41) is 3.29. The van der Waals surface area contributed by atoms with Gasteiger partial charge in [-0.25, -0.2) is 0 Å². The number of nitrogens with two attached hydrogens (primary N) is 1. The predicted molar refractivity (Wildman–Crippen MR) is 114 cm³/mol. The zero-order valence-corrected chi connectivity index (χ0v) is 18.7. The molecule has 0 aromatic carbocycles. The number of nitrogens with zero attached hydrogens (tertiary/aromatic N) is 2. The molecule has 166 valence electrons. The molecule has 2 saturated heterocycles. The molecule has 7 heteroatoms. The topological polar surface area (TPSA) is 95.7 Å². The van der Waals surface area contributed by atoms with Gasteiger partial charge in [-0.15, -0.1) is 0 Å². The summed E-state index contributed by atoms with van der Waals surface area (Å²) in [4.78, 5) is 39.5. The van der Waals surface area contributed by atoms with E-state index in [-0.39, 0.29) is 36.2 Å². The average Bonchev–Trinajstić information content (AvgIpc) is 3.41. The van der Waals surface area contributed by atoms with E-state index in [0.29, 0.717) is 37.4 Å². The smallest absolute Gasteiger partial charge is 0.242 e. The van der Waals surface area contributed by atoms with Crippen LogP contribution in [-0.4, -0.2) is 66.3 Å². The Morgan fingerprint density at radius 2 is 1.62 bits per heavy atom. The van der Waals surface area contributed by atoms with E-state index in [1.54, 1.807) is 4.90 Å². The minimum absolute atomic E-state index is 0.0212. The second-order valence-electron chi connectivity index (χ2n) is 10.4. The Labute approximate surface area is 175 Å². The van der Waals surface area contributed by atoms with Crippen LogP contribution in [0.25, 0.3) is 0 Å². The number of hydrogen-bond acceptors (Lipinski definition) is 4. The summed E-state index contributed by atoms with van der Waals surface area (Å²) < 4.78 is 0. The van der Waals surface area contributed by atoms with Crippen molar-refractivity contribution in [3.63, 3.8) is 0 Å². The monoisotopic (exact) mass is 408 g/mol. The van der Waals surface area contributed by atoms with Gasteiger partial charge in [-0.2, -0.15) is 0 Å². The number of primary amides is 1. The highest BCUT2D eigenvalue weighted by Gasteiger charge is 2.35. The van der Waals surface area contributed by atoms with Crippen LogP contribution in [0.15, 0.2) is 0 Å². The minimum atomic E-state index is -0.270. The van der Waals surface area contributed by atoms with Gasteiger partial charge in [-0.3, -0.25) is 14.4 Å². The summed E-state index contributed by atoms with van der Waals surface area (Å²) in [5.74, 6) is 0.799. The lowest BCUT2D eigenvalue weighted by Gasteiger charge is -2.36. The molecule has 0 aromatic heterocycles. The maximum absolute atomic E-state index is 12.5. The van der Waals surface area contributed by atoms with Crippen molar-refractivity contribution in [2.75, 3.05) is 32.7 Å². The highest BCUT2D eigenvalue weighted by Crippen LogP contribution is 2.34. The van der Waals surface area contributed by atoms with Crippen molar-refractivity contribution in [1.29, 1.82) is 0 Å². The van der Waals surface area contributed by atoms with Crippen LogP contribution in [-0.2, 0) is 14.4 Å². The second kappa shape index (κ2) is 10.4. The molecule has 1 aliphatic carbocycles. The largest absolute Gasteiger partial charge is 0.370 e. The van der Waals surface area contributed by atoms with Crippen LogP contribution >= 0.6 is 0 Å². The van der Waals surface area contributed by atoms with Crippen molar-refractivity contribution in [2.45, 2.75) is 72.3 Å². The summed E-state index contributed by atoms with van der Waals surface area (Å²) in [6.45, 7) is 11.6. The zero-order valence-electron chi connectivity index (χ0n) is 18.7. The van der Waals surface area contributed by atoms with Gasteiger partial charge in [0.05, 0.1) is 12.6 Å². The van der Waals surface area contributed by atoms with Crippen molar-refractivity contribution in [3.05, 3.63) is 0 Å². The first-order chi connectivity index (χ1) is 13.5. The number of carbonyl (C=O) groups is 3. The number of carbonyl (C=O) groups excluding carboxylic acids is 3. The lowest BCUT2D eigenvalue weighted by Crippen LogP contribution is -2.57. The normalized spacial score (nSPS) is 23.4. The van der Waals surface area contributed by atoms with Gasteiger partial charge in [0.1, 0.15) is 0 Å². The number of hydrogen-bond donors (Lipinski definition) is 2. The molecule has 3 rings (SSSR count). The third kappa shape index (κ3) is 9.15. The van der Waals surface area contributed by atoms with Crippen LogP contribution in [0.5, 0.6) is 0 Å². The van der Waals surface area contributed by atoms with Crippen LogP contribution < -0.4 is 11.1 Å². The molecule has 29 heavy (non-hydrogen) atoms. The third-order valence-corrected chi connectivity index (χ3v) is 5.43. The molecule has 0 radical (unpaired) electrons. The SMILES string of the molecule is CC(C)(C)C.NC(=O)CC1CCN(C(=O)CN2CCNC(CC3CC3)C2=O)CC1. The van der Waals surface area contributed by atoms with Gasteiger partial charge in [-0.1, -0.05) is 40.5 Å². The lowest BCUT2D eigenvalue weighted by molar-refractivity contribution is -0.144. The van der Waals surface area contributed by atoms with E-state index in [1.165, 1.54) is 12.8 Å². The summed E-state index contributed by atoms with van der Waals surface area (Å²) in [6.07, 6.45) is 5.39. The molecule has 3 aliphatic rings. The fourth-order valence-corrected chi connectivity index (χ4v) is 3.75. The first kappa shape index (κ1) is 23.6. The summed E-state index contributed by atoms with van der Waals surface area (Å²) in [6, 6.07) is -0.111. The molecule has 3 amide bonds. The van der Waals surface area contributed by atoms with E-state index in [1.807, 2.05) is 4.90 Å². The van der Waals surface area contributed by atoms with Crippen LogP contribution in [0.3, 0.4) is 0 Å². The standard InChI is InChI=1S/C17H28N4O3.C5H12/c18-15(22)10-13-3-6-20(7-4-13)16(23)11-21-8-5-19-14(17(21)24)9-12-1-2-12;1-5(2,3)4/h12-14,19H,1-11H2,(H2,18,22);1-4H3. The Kier molecular flexibility index (Phi) is 8.49. The van der Waals surface area contributed by atoms with Gasteiger partial charge in [-0.05, 0) is 36.5 Å². The highest BCUT2D eigenvalue weighted by molar-refractivity contribution is 5.88. The van der Waals surface area contributed by atoms with Gasteiger partial charge in [0.2, 0.25) is 17.7 Å². The first-order valence-electron chi connectivity index (χ1n) is 11.1. The first-order valence-corrected chi connectivity index (χ1v) is 11.1. The van der Waals surface area contributed by atoms with E-state index in [4.69, 9.17) is 5.73 Å². The molecular formula is C22H40N4O3. The van der Waals surface area contributed by atoms with E-state index in [0.717, 1.165) is 25.8 Å². The molecule has 1 saturated carbocycles. The van der Waals surface area contributed by atoms with E-state index in [2.05, 4.69) is 33.0 Å². The van der Waals surface area contributed by atoms with Crippen LogP contribution in [0, 0.1) is 17.3 Å². The molecule has 7 nitrogen and oxygen atoms in total. The van der Waals surface area contributed by atoms with Crippen molar-refractivity contribution < 1.29 is 14.4 Å². The van der Waals surface area contributed by atoms with Crippen molar-refractivity contribution >= 4 is 17.7 Å². The highest BCUT2D eigenvalue weighted by atomic mass is 16.2. The zero-order chi connectivity index (χ0) is 21.6. The summed E-state index contributed by atoms with van der Waals surface area (Å²) in [5.41, 5.74) is 5.74. The Balaban J connectivity index is 0.000000537. The van der Waals surface area contributed by atoms with Crippen molar-refractivity contribution in [3.8, 4) is 0 Å². The minimum Gasteiger partial charge on any atom is -0.370 e. The van der Waals surface area contributed by atoms with Gasteiger partial charge < -0.3 is 20.9 Å². The molecule has 1 atom stereocenters. The number of piperazine rings is 1. The molecule has 3 N–H and O–H groups in total. The maximum Gasteiger partial charge on any atom is 0.242 e. The fraction of sp³-hybridized carbons (Fsp3) is 0.864. The van der Waals surface area contributed by atoms with Gasteiger partial charge in [0, 0.05) is 32.6 Å².